The minimum atomic E-state index is -0.180. The van der Waals surface area contributed by atoms with Crippen LogP contribution in [0.5, 0.6) is 0 Å². The molecule has 0 amide bonds. The lowest BCUT2D eigenvalue weighted by atomic mass is 10.1. The van der Waals surface area contributed by atoms with E-state index in [9.17, 15) is 0 Å². The van der Waals surface area contributed by atoms with Crippen LogP contribution >= 0.6 is 0 Å². The molecule has 0 bridgehead atoms. The molecule has 0 aliphatic heterocycles. The molecule has 0 aliphatic carbocycles. The van der Waals surface area contributed by atoms with Crippen molar-refractivity contribution in [3.05, 3.63) is 78.4 Å². The van der Waals surface area contributed by atoms with Gasteiger partial charge in [0.05, 0.1) is 6.04 Å². The number of hydrogen-bond donors (Lipinski definition) is 1. The van der Waals surface area contributed by atoms with Crippen molar-refractivity contribution in [3.63, 3.8) is 0 Å². The van der Waals surface area contributed by atoms with E-state index in [1.807, 2.05) is 53.1 Å². The highest BCUT2D eigenvalue weighted by Crippen LogP contribution is 2.17. The molecule has 0 aliphatic rings. The van der Waals surface area contributed by atoms with E-state index in [-0.39, 0.29) is 6.04 Å². The van der Waals surface area contributed by atoms with Crippen LogP contribution in [0.15, 0.2) is 67.0 Å². The fraction of sp³-hybridized carbons (Fsp3) is 0.125. The molecule has 0 unspecified atom stereocenters. The van der Waals surface area contributed by atoms with Crippen molar-refractivity contribution >= 4 is 0 Å². The SMILES string of the molecule is N[C@H](Cc1ccccc1)c1nncn1-c1ccccc1. The molecule has 3 rings (SSSR count). The van der Waals surface area contributed by atoms with Gasteiger partial charge in [0, 0.05) is 5.69 Å². The van der Waals surface area contributed by atoms with E-state index >= 15 is 0 Å². The van der Waals surface area contributed by atoms with E-state index in [0.29, 0.717) is 0 Å². The second kappa shape index (κ2) is 5.67. The van der Waals surface area contributed by atoms with Crippen LogP contribution in [0.1, 0.15) is 17.4 Å². The average Bonchev–Trinajstić information content (AvgIpc) is 2.99. The molecule has 3 aromatic rings. The third-order valence-electron chi connectivity index (χ3n) is 3.24. The van der Waals surface area contributed by atoms with Gasteiger partial charge in [-0.15, -0.1) is 10.2 Å². The maximum atomic E-state index is 6.29. The van der Waals surface area contributed by atoms with Gasteiger partial charge in [-0.1, -0.05) is 48.5 Å². The van der Waals surface area contributed by atoms with E-state index in [0.717, 1.165) is 17.9 Å². The summed E-state index contributed by atoms with van der Waals surface area (Å²) in [5.74, 6) is 0.778. The number of hydrogen-bond acceptors (Lipinski definition) is 3. The number of rotatable bonds is 4. The van der Waals surface area contributed by atoms with Crippen LogP contribution in [-0.2, 0) is 6.42 Å². The zero-order valence-corrected chi connectivity index (χ0v) is 11.1. The molecule has 4 nitrogen and oxygen atoms in total. The fourth-order valence-electron chi connectivity index (χ4n) is 2.24. The number of nitrogens with zero attached hydrogens (tertiary/aromatic N) is 3. The summed E-state index contributed by atoms with van der Waals surface area (Å²) in [7, 11) is 0. The monoisotopic (exact) mass is 264 g/mol. The maximum absolute atomic E-state index is 6.29. The first-order valence-electron chi connectivity index (χ1n) is 6.59. The van der Waals surface area contributed by atoms with Crippen LogP contribution in [0.25, 0.3) is 5.69 Å². The van der Waals surface area contributed by atoms with E-state index in [1.165, 1.54) is 5.56 Å². The fourth-order valence-corrected chi connectivity index (χ4v) is 2.24. The number of para-hydroxylation sites is 1. The van der Waals surface area contributed by atoms with Crippen molar-refractivity contribution in [3.8, 4) is 5.69 Å². The molecule has 20 heavy (non-hydrogen) atoms. The van der Waals surface area contributed by atoms with Gasteiger partial charge < -0.3 is 5.73 Å². The molecule has 0 spiro atoms. The Hall–Kier alpha value is -2.46. The van der Waals surface area contributed by atoms with E-state index in [2.05, 4.69) is 22.3 Å². The van der Waals surface area contributed by atoms with Crippen LogP contribution in [-0.4, -0.2) is 14.8 Å². The van der Waals surface area contributed by atoms with Gasteiger partial charge in [0.2, 0.25) is 0 Å². The van der Waals surface area contributed by atoms with Gasteiger partial charge in [-0.2, -0.15) is 0 Å². The highest BCUT2D eigenvalue weighted by atomic mass is 15.3. The minimum absolute atomic E-state index is 0.180. The molecule has 2 N–H and O–H groups in total. The van der Waals surface area contributed by atoms with Crippen molar-refractivity contribution in [2.75, 3.05) is 0 Å². The lowest BCUT2D eigenvalue weighted by Crippen LogP contribution is -2.18. The lowest BCUT2D eigenvalue weighted by molar-refractivity contribution is 0.650. The summed E-state index contributed by atoms with van der Waals surface area (Å²) in [6.07, 6.45) is 2.45. The zero-order chi connectivity index (χ0) is 13.8. The Morgan fingerprint density at radius 1 is 0.950 bits per heavy atom. The second-order valence-electron chi connectivity index (χ2n) is 4.69. The van der Waals surface area contributed by atoms with E-state index in [4.69, 9.17) is 5.73 Å². The highest BCUT2D eigenvalue weighted by Gasteiger charge is 2.15. The van der Waals surface area contributed by atoms with Gasteiger partial charge in [0.15, 0.2) is 5.82 Å². The minimum Gasteiger partial charge on any atom is -0.321 e. The first kappa shape index (κ1) is 12.6. The smallest absolute Gasteiger partial charge is 0.154 e. The van der Waals surface area contributed by atoms with E-state index < -0.39 is 0 Å². The van der Waals surface area contributed by atoms with Gasteiger partial charge in [0.1, 0.15) is 6.33 Å². The van der Waals surface area contributed by atoms with Crippen molar-refractivity contribution in [2.45, 2.75) is 12.5 Å². The number of aromatic nitrogens is 3. The molecule has 0 fully saturated rings. The van der Waals surface area contributed by atoms with Crippen LogP contribution in [0.3, 0.4) is 0 Å². The van der Waals surface area contributed by atoms with Crippen LogP contribution in [0.2, 0.25) is 0 Å². The number of benzene rings is 2. The Morgan fingerprint density at radius 2 is 1.60 bits per heavy atom. The summed E-state index contributed by atoms with van der Waals surface area (Å²) < 4.78 is 1.94. The largest absolute Gasteiger partial charge is 0.321 e. The normalized spacial score (nSPS) is 12.2. The Kier molecular flexibility index (Phi) is 3.56. The van der Waals surface area contributed by atoms with Crippen molar-refractivity contribution in [1.29, 1.82) is 0 Å². The Labute approximate surface area is 117 Å². The second-order valence-corrected chi connectivity index (χ2v) is 4.69. The summed E-state index contributed by atoms with van der Waals surface area (Å²) >= 11 is 0. The Morgan fingerprint density at radius 3 is 2.30 bits per heavy atom. The summed E-state index contributed by atoms with van der Waals surface area (Å²) in [6.45, 7) is 0. The lowest BCUT2D eigenvalue weighted by Gasteiger charge is -2.13. The Balaban J connectivity index is 1.86. The standard InChI is InChI=1S/C16H16N4/c17-15(11-13-7-3-1-4-8-13)16-19-18-12-20(16)14-9-5-2-6-10-14/h1-10,12,15H,11,17H2/t15-/m1/s1. The summed E-state index contributed by atoms with van der Waals surface area (Å²) in [5.41, 5.74) is 8.51. The van der Waals surface area contributed by atoms with Crippen LogP contribution in [0, 0.1) is 0 Å². The topological polar surface area (TPSA) is 56.7 Å². The van der Waals surface area contributed by atoms with Gasteiger partial charge in [-0.05, 0) is 24.1 Å². The summed E-state index contributed by atoms with van der Waals surface area (Å²) in [5, 5.41) is 8.17. The predicted molar refractivity (Wildman–Crippen MR) is 78.4 cm³/mol. The maximum Gasteiger partial charge on any atom is 0.154 e. The molecular weight excluding hydrogens is 248 g/mol. The third-order valence-corrected chi connectivity index (χ3v) is 3.24. The molecule has 0 radical (unpaired) electrons. The molecule has 2 aromatic carbocycles. The summed E-state index contributed by atoms with van der Waals surface area (Å²) in [4.78, 5) is 0. The quantitative estimate of drug-likeness (QED) is 0.787. The first-order chi connectivity index (χ1) is 9.84. The predicted octanol–water partition coefficient (Wildman–Crippen LogP) is 2.51. The molecule has 1 atom stereocenters. The van der Waals surface area contributed by atoms with E-state index in [1.54, 1.807) is 6.33 Å². The molecular formula is C16H16N4. The summed E-state index contributed by atoms with van der Waals surface area (Å²) in [6, 6.07) is 20.0. The molecule has 0 saturated carbocycles. The van der Waals surface area contributed by atoms with Crippen molar-refractivity contribution in [2.24, 2.45) is 5.73 Å². The average molecular weight is 264 g/mol. The Bertz CT molecular complexity index is 661. The first-order valence-corrected chi connectivity index (χ1v) is 6.59. The third kappa shape index (κ3) is 2.60. The van der Waals surface area contributed by atoms with Gasteiger partial charge in [0.25, 0.3) is 0 Å². The van der Waals surface area contributed by atoms with Gasteiger partial charge in [-0.3, -0.25) is 4.57 Å². The molecule has 4 heteroatoms. The van der Waals surface area contributed by atoms with Crippen LogP contribution < -0.4 is 5.73 Å². The molecule has 100 valence electrons. The molecule has 1 aromatic heterocycles. The van der Waals surface area contributed by atoms with Gasteiger partial charge in [-0.25, -0.2) is 0 Å². The number of nitrogens with two attached hydrogens (primary N) is 1. The van der Waals surface area contributed by atoms with Crippen molar-refractivity contribution < 1.29 is 0 Å². The highest BCUT2D eigenvalue weighted by molar-refractivity contribution is 5.32. The zero-order valence-electron chi connectivity index (χ0n) is 11.1. The molecule has 1 heterocycles. The van der Waals surface area contributed by atoms with Crippen LogP contribution in [0.4, 0.5) is 0 Å². The molecule has 0 saturated heterocycles. The van der Waals surface area contributed by atoms with Crippen molar-refractivity contribution in [1.82, 2.24) is 14.8 Å². The van der Waals surface area contributed by atoms with Gasteiger partial charge >= 0.3 is 0 Å².